The van der Waals surface area contributed by atoms with Gasteiger partial charge in [0, 0.05) is 6.04 Å². The minimum Gasteiger partial charge on any atom is -0.327 e. The predicted octanol–water partition coefficient (Wildman–Crippen LogP) is 2.55. The van der Waals surface area contributed by atoms with Gasteiger partial charge >= 0.3 is 0 Å². The molecule has 2 aliphatic rings. The second kappa shape index (κ2) is 2.73. The molecule has 12 heavy (non-hydrogen) atoms. The lowest BCUT2D eigenvalue weighted by molar-refractivity contribution is -0.0994. The van der Waals surface area contributed by atoms with E-state index in [0.29, 0.717) is 11.5 Å². The van der Waals surface area contributed by atoms with Crippen LogP contribution in [-0.2, 0) is 0 Å². The standard InChI is InChI=1S/C11H21N/c1-3-8(2)9-7-10(12)11(9)5-4-6-11/h8-10H,3-7,12H2,1-2H3. The van der Waals surface area contributed by atoms with Crippen molar-refractivity contribution in [2.45, 2.75) is 52.0 Å². The third kappa shape index (κ3) is 0.891. The Kier molecular flexibility index (Phi) is 1.95. The van der Waals surface area contributed by atoms with E-state index in [1.165, 1.54) is 32.1 Å². The van der Waals surface area contributed by atoms with Crippen LogP contribution >= 0.6 is 0 Å². The summed E-state index contributed by atoms with van der Waals surface area (Å²) in [4.78, 5) is 0. The van der Waals surface area contributed by atoms with Crippen LogP contribution in [-0.4, -0.2) is 6.04 Å². The van der Waals surface area contributed by atoms with E-state index in [4.69, 9.17) is 5.73 Å². The Balaban J connectivity index is 2.01. The van der Waals surface area contributed by atoms with Gasteiger partial charge in [0.1, 0.15) is 0 Å². The Bertz CT molecular complexity index is 172. The fraction of sp³-hybridized carbons (Fsp3) is 1.00. The Morgan fingerprint density at radius 1 is 1.50 bits per heavy atom. The molecule has 2 saturated carbocycles. The maximum atomic E-state index is 6.10. The van der Waals surface area contributed by atoms with Crippen molar-refractivity contribution in [1.29, 1.82) is 0 Å². The van der Waals surface area contributed by atoms with Crippen molar-refractivity contribution in [3.63, 3.8) is 0 Å². The lowest BCUT2D eigenvalue weighted by Crippen LogP contribution is -2.63. The SMILES string of the molecule is CCC(C)C1CC(N)C12CCC2. The summed E-state index contributed by atoms with van der Waals surface area (Å²) in [6, 6.07) is 0.547. The summed E-state index contributed by atoms with van der Waals surface area (Å²) in [6.45, 7) is 4.71. The number of rotatable bonds is 2. The quantitative estimate of drug-likeness (QED) is 0.672. The van der Waals surface area contributed by atoms with Gasteiger partial charge in [-0.1, -0.05) is 26.7 Å². The van der Waals surface area contributed by atoms with E-state index in [2.05, 4.69) is 13.8 Å². The van der Waals surface area contributed by atoms with Crippen LogP contribution in [0.1, 0.15) is 46.0 Å². The monoisotopic (exact) mass is 167 g/mol. The van der Waals surface area contributed by atoms with Crippen LogP contribution in [0.4, 0.5) is 0 Å². The maximum absolute atomic E-state index is 6.10. The first kappa shape index (κ1) is 8.55. The van der Waals surface area contributed by atoms with Crippen LogP contribution in [0.25, 0.3) is 0 Å². The van der Waals surface area contributed by atoms with Gasteiger partial charge in [-0.3, -0.25) is 0 Å². The second-order valence-corrected chi connectivity index (χ2v) is 4.92. The highest BCUT2D eigenvalue weighted by Crippen LogP contribution is 2.61. The van der Waals surface area contributed by atoms with Gasteiger partial charge < -0.3 is 5.73 Å². The van der Waals surface area contributed by atoms with Crippen molar-refractivity contribution < 1.29 is 0 Å². The molecule has 0 amide bonds. The molecular weight excluding hydrogens is 146 g/mol. The first-order valence-electron chi connectivity index (χ1n) is 5.46. The average Bonchev–Trinajstić information content (AvgIpc) is 1.95. The fourth-order valence-corrected chi connectivity index (χ4v) is 3.27. The molecule has 0 bridgehead atoms. The molecule has 2 aliphatic carbocycles. The largest absolute Gasteiger partial charge is 0.327 e. The number of hydrogen-bond acceptors (Lipinski definition) is 1. The molecule has 0 aromatic rings. The molecule has 1 heteroatoms. The first-order valence-corrected chi connectivity index (χ1v) is 5.46. The Morgan fingerprint density at radius 2 is 2.17 bits per heavy atom. The highest BCUT2D eigenvalue weighted by atomic mass is 14.8. The Labute approximate surface area is 75.7 Å². The second-order valence-electron chi connectivity index (χ2n) is 4.92. The summed E-state index contributed by atoms with van der Waals surface area (Å²) in [5.41, 5.74) is 6.72. The number of hydrogen-bond donors (Lipinski definition) is 1. The molecule has 2 fully saturated rings. The summed E-state index contributed by atoms with van der Waals surface area (Å²) in [6.07, 6.45) is 6.90. The van der Waals surface area contributed by atoms with Crippen molar-refractivity contribution in [1.82, 2.24) is 0 Å². The zero-order valence-corrected chi connectivity index (χ0v) is 8.34. The maximum Gasteiger partial charge on any atom is 0.0101 e. The van der Waals surface area contributed by atoms with E-state index in [1.807, 2.05) is 0 Å². The molecule has 0 radical (unpaired) electrons. The van der Waals surface area contributed by atoms with Crippen LogP contribution in [0.3, 0.4) is 0 Å². The van der Waals surface area contributed by atoms with Gasteiger partial charge in [0.05, 0.1) is 0 Å². The fourth-order valence-electron chi connectivity index (χ4n) is 3.27. The van der Waals surface area contributed by atoms with E-state index in [9.17, 15) is 0 Å². The molecule has 2 N–H and O–H groups in total. The third-order valence-corrected chi connectivity index (χ3v) is 4.60. The van der Waals surface area contributed by atoms with E-state index in [-0.39, 0.29) is 0 Å². The van der Waals surface area contributed by atoms with Crippen LogP contribution in [0, 0.1) is 17.3 Å². The molecule has 0 heterocycles. The summed E-state index contributed by atoms with van der Waals surface area (Å²) in [5, 5.41) is 0. The number of nitrogens with two attached hydrogens (primary N) is 1. The summed E-state index contributed by atoms with van der Waals surface area (Å²) < 4.78 is 0. The van der Waals surface area contributed by atoms with E-state index in [1.54, 1.807) is 0 Å². The molecule has 1 nitrogen and oxygen atoms in total. The van der Waals surface area contributed by atoms with Gasteiger partial charge in [0.2, 0.25) is 0 Å². The van der Waals surface area contributed by atoms with Crippen molar-refractivity contribution in [2.75, 3.05) is 0 Å². The van der Waals surface area contributed by atoms with Crippen molar-refractivity contribution in [3.8, 4) is 0 Å². The van der Waals surface area contributed by atoms with Gasteiger partial charge in [-0.25, -0.2) is 0 Å². The molecule has 70 valence electrons. The first-order chi connectivity index (χ1) is 5.70. The summed E-state index contributed by atoms with van der Waals surface area (Å²) in [5.74, 6) is 1.87. The van der Waals surface area contributed by atoms with Gasteiger partial charge in [-0.2, -0.15) is 0 Å². The van der Waals surface area contributed by atoms with Gasteiger partial charge in [0.15, 0.2) is 0 Å². The molecular formula is C11H21N. The normalized spacial score (nSPS) is 40.2. The summed E-state index contributed by atoms with van der Waals surface area (Å²) >= 11 is 0. The van der Waals surface area contributed by atoms with Crippen molar-refractivity contribution in [3.05, 3.63) is 0 Å². The lowest BCUT2D eigenvalue weighted by atomic mass is 9.44. The van der Waals surface area contributed by atoms with Gasteiger partial charge in [0.25, 0.3) is 0 Å². The van der Waals surface area contributed by atoms with Crippen LogP contribution in [0.5, 0.6) is 0 Å². The Morgan fingerprint density at radius 3 is 2.50 bits per heavy atom. The predicted molar refractivity (Wildman–Crippen MR) is 51.8 cm³/mol. The zero-order chi connectivity index (χ0) is 8.77. The zero-order valence-electron chi connectivity index (χ0n) is 8.34. The van der Waals surface area contributed by atoms with Crippen molar-refractivity contribution >= 4 is 0 Å². The highest BCUT2D eigenvalue weighted by Gasteiger charge is 2.57. The van der Waals surface area contributed by atoms with Gasteiger partial charge in [-0.05, 0) is 36.5 Å². The molecule has 1 spiro atoms. The summed E-state index contributed by atoms with van der Waals surface area (Å²) in [7, 11) is 0. The molecule has 2 rings (SSSR count). The van der Waals surface area contributed by atoms with Crippen LogP contribution in [0.2, 0.25) is 0 Å². The highest BCUT2D eigenvalue weighted by molar-refractivity contribution is 5.10. The van der Waals surface area contributed by atoms with Crippen LogP contribution < -0.4 is 5.73 Å². The minimum absolute atomic E-state index is 0.547. The van der Waals surface area contributed by atoms with E-state index < -0.39 is 0 Å². The smallest absolute Gasteiger partial charge is 0.0101 e. The molecule has 3 unspecified atom stereocenters. The molecule has 0 aromatic carbocycles. The van der Waals surface area contributed by atoms with E-state index >= 15 is 0 Å². The minimum atomic E-state index is 0.547. The Hall–Kier alpha value is -0.0400. The van der Waals surface area contributed by atoms with Gasteiger partial charge in [-0.15, -0.1) is 0 Å². The molecule has 0 aromatic heterocycles. The third-order valence-electron chi connectivity index (χ3n) is 4.60. The lowest BCUT2D eigenvalue weighted by Gasteiger charge is -2.62. The van der Waals surface area contributed by atoms with Crippen molar-refractivity contribution in [2.24, 2.45) is 23.0 Å². The van der Waals surface area contributed by atoms with Crippen LogP contribution in [0.15, 0.2) is 0 Å². The molecule has 3 atom stereocenters. The average molecular weight is 167 g/mol. The molecule has 0 aliphatic heterocycles. The molecule has 0 saturated heterocycles. The topological polar surface area (TPSA) is 26.0 Å². The van der Waals surface area contributed by atoms with E-state index in [0.717, 1.165) is 11.8 Å².